The smallest absolute Gasteiger partial charge is 0.200 e. The second kappa shape index (κ2) is 5.78. The van der Waals surface area contributed by atoms with E-state index < -0.39 is 8.32 Å². The van der Waals surface area contributed by atoms with Gasteiger partial charge in [-0.3, -0.25) is 0 Å². The fraction of sp³-hybridized carbons (Fsp3) is 1.00. The van der Waals surface area contributed by atoms with Crippen LogP contribution < -0.4 is 0 Å². The molecule has 1 aliphatic carbocycles. The largest absolute Gasteiger partial charge is 0.415 e. The summed E-state index contributed by atoms with van der Waals surface area (Å²) in [5.41, 5.74) is 1.94. The zero-order valence-electron chi connectivity index (χ0n) is 12.2. The number of hydrogen-bond acceptors (Lipinski definition) is 1. The van der Waals surface area contributed by atoms with Crippen molar-refractivity contribution in [3.63, 3.8) is 0 Å². The van der Waals surface area contributed by atoms with Crippen LogP contribution >= 0.6 is 47.8 Å². The van der Waals surface area contributed by atoms with Gasteiger partial charge in [-0.2, -0.15) is 0 Å². The fourth-order valence-electron chi connectivity index (χ4n) is 3.20. The van der Waals surface area contributed by atoms with Gasteiger partial charge >= 0.3 is 0 Å². The monoisotopic (exact) mass is 462 g/mol. The highest BCUT2D eigenvalue weighted by atomic mass is 79.9. The molecule has 1 saturated carbocycles. The van der Waals surface area contributed by atoms with Gasteiger partial charge in [0, 0.05) is 0 Å². The molecule has 1 nitrogen and oxygen atoms in total. The fourth-order valence-corrected chi connectivity index (χ4v) is 11.4. The zero-order chi connectivity index (χ0) is 14.4. The highest BCUT2D eigenvalue weighted by Crippen LogP contribution is 2.65. The first kappa shape index (κ1) is 17.7. The van der Waals surface area contributed by atoms with E-state index in [0.29, 0.717) is 16.6 Å². The van der Waals surface area contributed by atoms with Crippen LogP contribution in [0, 0.1) is 0 Å². The lowest BCUT2D eigenvalue weighted by Crippen LogP contribution is -2.49. The average molecular weight is 465 g/mol. The molecule has 0 amide bonds. The minimum atomic E-state index is -1.73. The van der Waals surface area contributed by atoms with Crippen LogP contribution in [0.3, 0.4) is 0 Å². The highest BCUT2D eigenvalue weighted by Gasteiger charge is 2.64. The maximum absolute atomic E-state index is 6.61. The summed E-state index contributed by atoms with van der Waals surface area (Å²) in [6.07, 6.45) is 1.07. The maximum Gasteiger partial charge on any atom is 0.200 e. The van der Waals surface area contributed by atoms with Crippen molar-refractivity contribution < 1.29 is 4.43 Å². The molecular formula is C13H25Br3OSi. The van der Waals surface area contributed by atoms with Gasteiger partial charge in [-0.25, -0.2) is 0 Å². The molecule has 0 heterocycles. The zero-order valence-corrected chi connectivity index (χ0v) is 17.9. The Morgan fingerprint density at radius 3 is 1.50 bits per heavy atom. The molecule has 1 unspecified atom stereocenters. The van der Waals surface area contributed by atoms with Gasteiger partial charge in [-0.15, -0.1) is 0 Å². The maximum atomic E-state index is 6.61. The molecule has 0 aromatic heterocycles. The van der Waals surface area contributed by atoms with Crippen molar-refractivity contribution in [2.45, 2.75) is 72.1 Å². The van der Waals surface area contributed by atoms with E-state index in [4.69, 9.17) is 4.43 Å². The van der Waals surface area contributed by atoms with Crippen LogP contribution in [-0.4, -0.2) is 22.5 Å². The molecule has 18 heavy (non-hydrogen) atoms. The first-order valence-electron chi connectivity index (χ1n) is 6.70. The average Bonchev–Trinajstić information content (AvgIpc) is 2.64. The summed E-state index contributed by atoms with van der Waals surface area (Å²) in [7, 11) is -1.73. The van der Waals surface area contributed by atoms with Crippen molar-refractivity contribution in [3.8, 4) is 0 Å². The van der Waals surface area contributed by atoms with E-state index in [-0.39, 0.29) is 7.56 Å². The van der Waals surface area contributed by atoms with Crippen molar-refractivity contribution in [2.24, 2.45) is 0 Å². The molecule has 0 aromatic rings. The SMILES string of the molecule is CC(C)[Si](OCC1(Br)CC1(Br)Br)(C(C)C)C(C)C. The van der Waals surface area contributed by atoms with Gasteiger partial charge in [0.2, 0.25) is 0 Å². The Morgan fingerprint density at radius 2 is 1.28 bits per heavy atom. The van der Waals surface area contributed by atoms with Crippen LogP contribution in [0.25, 0.3) is 0 Å². The Balaban J connectivity index is 2.81. The molecule has 0 N–H and O–H groups in total. The standard InChI is InChI=1S/C13H25Br3OSi/c1-9(2)18(10(3)4,11(5)6)17-8-12(14)7-13(12,15)16/h9-11H,7-8H2,1-6H3. The van der Waals surface area contributed by atoms with E-state index >= 15 is 0 Å². The first-order valence-corrected chi connectivity index (χ1v) is 11.2. The van der Waals surface area contributed by atoms with E-state index in [1.807, 2.05) is 0 Å². The van der Waals surface area contributed by atoms with Gasteiger partial charge < -0.3 is 4.43 Å². The lowest BCUT2D eigenvalue weighted by molar-refractivity contribution is 0.274. The molecule has 0 saturated heterocycles. The van der Waals surface area contributed by atoms with Gasteiger partial charge in [-0.05, 0) is 23.0 Å². The predicted molar refractivity (Wildman–Crippen MR) is 93.9 cm³/mol. The molecular weight excluding hydrogens is 440 g/mol. The van der Waals surface area contributed by atoms with E-state index in [9.17, 15) is 0 Å². The predicted octanol–water partition coefficient (Wildman–Crippen LogP) is 6.20. The van der Waals surface area contributed by atoms with Crippen LogP contribution in [-0.2, 0) is 4.43 Å². The molecule has 1 fully saturated rings. The van der Waals surface area contributed by atoms with Crippen molar-refractivity contribution in [3.05, 3.63) is 0 Å². The molecule has 0 aromatic carbocycles. The Morgan fingerprint density at radius 1 is 0.944 bits per heavy atom. The molecule has 1 atom stereocenters. The number of rotatable bonds is 6. The van der Waals surface area contributed by atoms with Crippen molar-refractivity contribution in [1.82, 2.24) is 0 Å². The van der Waals surface area contributed by atoms with Gasteiger partial charge in [0.15, 0.2) is 8.32 Å². The summed E-state index contributed by atoms with van der Waals surface area (Å²) >= 11 is 11.2. The Hall–Kier alpha value is 1.62. The molecule has 1 rings (SSSR count). The second-order valence-electron chi connectivity index (χ2n) is 6.45. The molecule has 0 aliphatic heterocycles. The second-order valence-corrected chi connectivity index (χ2v) is 17.2. The topological polar surface area (TPSA) is 9.23 Å². The molecule has 1 aliphatic rings. The summed E-state index contributed by atoms with van der Waals surface area (Å²) in [6, 6.07) is 0. The third-order valence-corrected chi connectivity index (χ3v) is 14.7. The summed E-state index contributed by atoms with van der Waals surface area (Å²) in [4.78, 5) is 0. The van der Waals surface area contributed by atoms with Gasteiger partial charge in [0.25, 0.3) is 0 Å². The van der Waals surface area contributed by atoms with Crippen molar-refractivity contribution in [1.29, 1.82) is 0 Å². The van der Waals surface area contributed by atoms with Gasteiger partial charge in [0.05, 0.1) is 14.2 Å². The Labute approximate surface area is 138 Å². The summed E-state index contributed by atoms with van der Waals surface area (Å²) in [5, 5.41) is 0. The quantitative estimate of drug-likeness (QED) is 0.335. The van der Waals surface area contributed by atoms with Crippen molar-refractivity contribution >= 4 is 56.1 Å². The molecule has 0 bridgehead atoms. The minimum absolute atomic E-state index is 0.0259. The third-order valence-electron chi connectivity index (χ3n) is 4.29. The van der Waals surface area contributed by atoms with Crippen LogP contribution in [0.2, 0.25) is 16.6 Å². The molecule has 5 heteroatoms. The Bertz CT molecular complexity index is 283. The lowest BCUT2D eigenvalue weighted by atomic mass is 10.5. The summed E-state index contributed by atoms with van der Waals surface area (Å²) in [5.74, 6) is 0. The first-order chi connectivity index (χ1) is 7.99. The highest BCUT2D eigenvalue weighted by molar-refractivity contribution is 9.26. The lowest BCUT2D eigenvalue weighted by Gasteiger charge is -2.42. The molecule has 108 valence electrons. The molecule has 0 spiro atoms. The molecule has 0 radical (unpaired) electrons. The third kappa shape index (κ3) is 3.10. The van der Waals surface area contributed by atoms with Gasteiger partial charge in [0.1, 0.15) is 0 Å². The van der Waals surface area contributed by atoms with Crippen LogP contribution in [0.5, 0.6) is 0 Å². The van der Waals surface area contributed by atoms with Gasteiger partial charge in [-0.1, -0.05) is 89.3 Å². The summed E-state index contributed by atoms with van der Waals surface area (Å²) in [6.45, 7) is 14.8. The van der Waals surface area contributed by atoms with E-state index in [1.165, 1.54) is 0 Å². The number of alkyl halides is 3. The van der Waals surface area contributed by atoms with E-state index in [0.717, 1.165) is 13.0 Å². The summed E-state index contributed by atoms with van der Waals surface area (Å²) < 4.78 is 6.70. The van der Waals surface area contributed by atoms with Crippen molar-refractivity contribution in [2.75, 3.05) is 6.61 Å². The normalized spacial score (nSPS) is 27.3. The Kier molecular flexibility index (Phi) is 5.67. The number of halogens is 3. The van der Waals surface area contributed by atoms with Crippen LogP contribution in [0.4, 0.5) is 0 Å². The van der Waals surface area contributed by atoms with Crippen LogP contribution in [0.15, 0.2) is 0 Å². The number of hydrogen-bond donors (Lipinski definition) is 0. The minimum Gasteiger partial charge on any atom is -0.415 e. The van der Waals surface area contributed by atoms with Crippen LogP contribution in [0.1, 0.15) is 48.0 Å². The van der Waals surface area contributed by atoms with E-state index in [2.05, 4.69) is 89.3 Å². The van der Waals surface area contributed by atoms with E-state index in [1.54, 1.807) is 0 Å².